The van der Waals surface area contributed by atoms with Gasteiger partial charge in [-0.3, -0.25) is 4.79 Å². The smallest absolute Gasteiger partial charge is 0.227 e. The molecule has 3 rings (SSSR count). The highest BCUT2D eigenvalue weighted by molar-refractivity contribution is 5.93. The van der Waals surface area contributed by atoms with Crippen molar-refractivity contribution in [2.75, 3.05) is 24.5 Å². The second kappa shape index (κ2) is 9.67. The maximum absolute atomic E-state index is 12.8. The van der Waals surface area contributed by atoms with Crippen LogP contribution in [0.25, 0.3) is 0 Å². The molecule has 4 heteroatoms. The number of aliphatic hydroxyl groups excluding tert-OH is 1. The van der Waals surface area contributed by atoms with Gasteiger partial charge in [-0.25, -0.2) is 0 Å². The Bertz CT molecular complexity index is 697. The Morgan fingerprint density at radius 3 is 2.26 bits per heavy atom. The van der Waals surface area contributed by atoms with Crippen LogP contribution in [0.4, 0.5) is 5.69 Å². The Balaban J connectivity index is 1.61. The van der Waals surface area contributed by atoms with E-state index in [1.807, 2.05) is 65.6 Å². The number of rotatable bonds is 7. The van der Waals surface area contributed by atoms with Crippen molar-refractivity contribution >= 4 is 11.6 Å². The van der Waals surface area contributed by atoms with Crippen LogP contribution in [0.5, 0.6) is 0 Å². The molecule has 1 atom stereocenters. The van der Waals surface area contributed by atoms with Gasteiger partial charge in [0.05, 0.1) is 6.10 Å². The van der Waals surface area contributed by atoms with Crippen LogP contribution in [0, 0.1) is 0 Å². The first-order chi connectivity index (χ1) is 13.2. The van der Waals surface area contributed by atoms with E-state index in [-0.39, 0.29) is 11.9 Å². The molecule has 0 aromatic heterocycles. The lowest BCUT2D eigenvalue weighted by atomic mass is 10.00. The maximum Gasteiger partial charge on any atom is 0.227 e. The van der Waals surface area contributed by atoms with Crippen molar-refractivity contribution in [2.45, 2.75) is 44.8 Å². The Morgan fingerprint density at radius 2 is 1.67 bits per heavy atom. The summed E-state index contributed by atoms with van der Waals surface area (Å²) in [5.74, 6) is 0.214. The average molecular weight is 367 g/mol. The number of likely N-dealkylation sites (tertiary alicyclic amines) is 1. The molecule has 1 heterocycles. The number of para-hydroxylation sites is 1. The summed E-state index contributed by atoms with van der Waals surface area (Å²) in [6.07, 6.45) is 2.86. The zero-order valence-corrected chi connectivity index (χ0v) is 16.1. The van der Waals surface area contributed by atoms with Crippen molar-refractivity contribution in [1.82, 2.24) is 4.90 Å². The lowest BCUT2D eigenvalue weighted by Crippen LogP contribution is -2.48. The van der Waals surface area contributed by atoms with E-state index in [0.717, 1.165) is 43.6 Å². The van der Waals surface area contributed by atoms with E-state index in [9.17, 15) is 9.90 Å². The molecular weight excluding hydrogens is 336 g/mol. The van der Waals surface area contributed by atoms with Gasteiger partial charge in [0.25, 0.3) is 0 Å². The fourth-order valence-corrected chi connectivity index (χ4v) is 3.87. The summed E-state index contributed by atoms with van der Waals surface area (Å²) < 4.78 is 0. The molecule has 0 saturated carbocycles. The van der Waals surface area contributed by atoms with Crippen LogP contribution in [0.1, 0.15) is 44.3 Å². The number of β-amino-alcohol motifs (C(OH)–C–C–N with tert-alkyl or cyclic N) is 1. The van der Waals surface area contributed by atoms with Crippen molar-refractivity contribution in [1.29, 1.82) is 0 Å². The number of hydrogen-bond acceptors (Lipinski definition) is 3. The molecule has 2 aromatic carbocycles. The van der Waals surface area contributed by atoms with Crippen molar-refractivity contribution < 1.29 is 9.90 Å². The van der Waals surface area contributed by atoms with E-state index in [1.165, 1.54) is 0 Å². The summed E-state index contributed by atoms with van der Waals surface area (Å²) in [5.41, 5.74) is 1.96. The van der Waals surface area contributed by atoms with Crippen molar-refractivity contribution in [3.63, 3.8) is 0 Å². The quantitative estimate of drug-likeness (QED) is 0.805. The predicted molar refractivity (Wildman–Crippen MR) is 110 cm³/mol. The van der Waals surface area contributed by atoms with E-state index in [0.29, 0.717) is 13.0 Å². The largest absolute Gasteiger partial charge is 0.387 e. The topological polar surface area (TPSA) is 43.8 Å². The molecule has 2 aromatic rings. The van der Waals surface area contributed by atoms with E-state index < -0.39 is 6.10 Å². The number of carbonyl (C=O) groups excluding carboxylic acids is 1. The number of carbonyl (C=O) groups is 1. The van der Waals surface area contributed by atoms with Gasteiger partial charge in [0, 0.05) is 37.8 Å². The monoisotopic (exact) mass is 366 g/mol. The highest BCUT2D eigenvalue weighted by Gasteiger charge is 2.29. The van der Waals surface area contributed by atoms with E-state index in [4.69, 9.17) is 0 Å². The number of amides is 1. The van der Waals surface area contributed by atoms with Gasteiger partial charge in [0.2, 0.25) is 5.91 Å². The number of benzene rings is 2. The molecule has 144 valence electrons. The molecule has 0 radical (unpaired) electrons. The fraction of sp³-hybridized carbons (Fsp3) is 0.435. The van der Waals surface area contributed by atoms with Gasteiger partial charge in [0.15, 0.2) is 0 Å². The third-order valence-electron chi connectivity index (χ3n) is 5.30. The number of piperidine rings is 1. The van der Waals surface area contributed by atoms with E-state index in [2.05, 4.69) is 11.8 Å². The highest BCUT2D eigenvalue weighted by atomic mass is 16.3. The summed E-state index contributed by atoms with van der Waals surface area (Å²) in [6.45, 7) is 4.49. The fourth-order valence-electron chi connectivity index (χ4n) is 3.87. The summed E-state index contributed by atoms with van der Waals surface area (Å²) in [4.78, 5) is 17.1. The molecule has 1 saturated heterocycles. The average Bonchev–Trinajstić information content (AvgIpc) is 2.71. The molecule has 1 aliphatic rings. The van der Waals surface area contributed by atoms with Gasteiger partial charge < -0.3 is 14.9 Å². The van der Waals surface area contributed by atoms with E-state index in [1.54, 1.807) is 0 Å². The molecule has 1 N–H and O–H groups in total. The van der Waals surface area contributed by atoms with Crippen molar-refractivity contribution in [3.8, 4) is 0 Å². The first-order valence-electron chi connectivity index (χ1n) is 10.0. The second-order valence-corrected chi connectivity index (χ2v) is 7.31. The van der Waals surface area contributed by atoms with Gasteiger partial charge in [-0.05, 0) is 37.0 Å². The molecule has 0 bridgehead atoms. The summed E-state index contributed by atoms with van der Waals surface area (Å²) in [6, 6.07) is 20.1. The Kier molecular flexibility index (Phi) is 7.02. The molecule has 1 unspecified atom stereocenters. The zero-order chi connectivity index (χ0) is 19.1. The Hall–Kier alpha value is -2.17. The van der Waals surface area contributed by atoms with Crippen LogP contribution in [0.3, 0.4) is 0 Å². The molecule has 1 aliphatic heterocycles. The maximum atomic E-state index is 12.8. The second-order valence-electron chi connectivity index (χ2n) is 7.31. The van der Waals surface area contributed by atoms with Crippen LogP contribution in [-0.4, -0.2) is 41.6 Å². The summed E-state index contributed by atoms with van der Waals surface area (Å²) in [5, 5.41) is 10.5. The minimum atomic E-state index is -0.463. The third-order valence-corrected chi connectivity index (χ3v) is 5.30. The van der Waals surface area contributed by atoms with Gasteiger partial charge in [-0.15, -0.1) is 0 Å². The van der Waals surface area contributed by atoms with Crippen LogP contribution in [0.2, 0.25) is 0 Å². The molecule has 1 amide bonds. The minimum absolute atomic E-state index is 0.214. The van der Waals surface area contributed by atoms with E-state index >= 15 is 0 Å². The summed E-state index contributed by atoms with van der Waals surface area (Å²) in [7, 11) is 0. The normalized spacial score (nSPS) is 16.8. The predicted octanol–water partition coefficient (Wildman–Crippen LogP) is 4.02. The van der Waals surface area contributed by atoms with Crippen LogP contribution < -0.4 is 4.90 Å². The first kappa shape index (κ1) is 19.6. The molecular formula is C23H30N2O2. The molecule has 1 fully saturated rings. The van der Waals surface area contributed by atoms with Crippen molar-refractivity contribution in [3.05, 3.63) is 66.2 Å². The summed E-state index contributed by atoms with van der Waals surface area (Å²) >= 11 is 0. The Labute approximate surface area is 162 Å². The number of hydrogen-bond donors (Lipinski definition) is 1. The molecule has 0 aliphatic carbocycles. The van der Waals surface area contributed by atoms with Crippen LogP contribution >= 0.6 is 0 Å². The highest BCUT2D eigenvalue weighted by Crippen LogP contribution is 2.26. The molecule has 0 spiro atoms. The first-order valence-corrected chi connectivity index (χ1v) is 10.0. The van der Waals surface area contributed by atoms with Gasteiger partial charge in [-0.1, -0.05) is 55.5 Å². The van der Waals surface area contributed by atoms with Crippen LogP contribution in [0.15, 0.2) is 60.7 Å². The van der Waals surface area contributed by atoms with Gasteiger partial charge in [-0.2, -0.15) is 0 Å². The zero-order valence-electron chi connectivity index (χ0n) is 16.1. The van der Waals surface area contributed by atoms with Gasteiger partial charge >= 0.3 is 0 Å². The SMILES string of the molecule is CCCC(=O)N(c1ccccc1)C1CCN(CC(O)c2ccccc2)CC1. The lowest BCUT2D eigenvalue weighted by Gasteiger charge is -2.39. The molecule has 4 nitrogen and oxygen atoms in total. The molecule has 27 heavy (non-hydrogen) atoms. The number of aliphatic hydroxyl groups is 1. The third kappa shape index (κ3) is 5.18. The lowest BCUT2D eigenvalue weighted by molar-refractivity contribution is -0.119. The number of nitrogens with zero attached hydrogens (tertiary/aromatic N) is 2. The minimum Gasteiger partial charge on any atom is -0.387 e. The van der Waals surface area contributed by atoms with Gasteiger partial charge in [0.1, 0.15) is 0 Å². The van der Waals surface area contributed by atoms with Crippen LogP contribution in [-0.2, 0) is 4.79 Å². The van der Waals surface area contributed by atoms with Crippen molar-refractivity contribution in [2.24, 2.45) is 0 Å². The Morgan fingerprint density at radius 1 is 1.07 bits per heavy atom. The standard InChI is InChI=1S/C23H30N2O2/c1-2-9-23(27)25(20-12-7-4-8-13-20)21-14-16-24(17-15-21)18-22(26)19-10-5-3-6-11-19/h3-8,10-13,21-22,26H,2,9,14-18H2,1H3. The number of anilines is 1.